The van der Waals surface area contributed by atoms with Crippen LogP contribution < -0.4 is 5.73 Å². The van der Waals surface area contributed by atoms with E-state index < -0.39 is 0 Å². The highest BCUT2D eigenvalue weighted by Crippen LogP contribution is 2.34. The average Bonchev–Trinajstić information content (AvgIpc) is 2.85. The Bertz CT molecular complexity index is 292. The van der Waals surface area contributed by atoms with Gasteiger partial charge in [0.1, 0.15) is 0 Å². The predicted octanol–water partition coefficient (Wildman–Crippen LogP) is 1.75. The summed E-state index contributed by atoms with van der Waals surface area (Å²) < 4.78 is 2.34. The molecule has 1 fully saturated rings. The second kappa shape index (κ2) is 4.13. The van der Waals surface area contributed by atoms with E-state index in [1.807, 2.05) is 12.5 Å². The van der Waals surface area contributed by atoms with Gasteiger partial charge in [-0.15, -0.1) is 0 Å². The fourth-order valence-corrected chi connectivity index (χ4v) is 2.45. The van der Waals surface area contributed by atoms with Gasteiger partial charge in [-0.05, 0) is 38.1 Å². The molecule has 2 N–H and O–H groups in total. The fourth-order valence-electron chi connectivity index (χ4n) is 2.45. The first-order valence-corrected chi connectivity index (χ1v) is 5.56. The Morgan fingerprint density at radius 2 is 2.43 bits per heavy atom. The molecule has 1 aliphatic carbocycles. The molecule has 0 spiro atoms. The third-order valence-corrected chi connectivity index (χ3v) is 3.35. The van der Waals surface area contributed by atoms with E-state index in [4.69, 9.17) is 5.73 Å². The highest BCUT2D eigenvalue weighted by atomic mass is 15.1. The van der Waals surface area contributed by atoms with E-state index in [-0.39, 0.29) is 0 Å². The summed E-state index contributed by atoms with van der Waals surface area (Å²) in [7, 11) is 0. The van der Waals surface area contributed by atoms with E-state index in [9.17, 15) is 0 Å². The minimum Gasteiger partial charge on any atom is -0.332 e. The summed E-state index contributed by atoms with van der Waals surface area (Å²) in [5.74, 6) is 0.729. The highest BCUT2D eigenvalue weighted by Gasteiger charge is 2.25. The van der Waals surface area contributed by atoms with Crippen LogP contribution in [-0.2, 0) is 6.42 Å². The zero-order valence-electron chi connectivity index (χ0n) is 8.82. The molecule has 1 aliphatic rings. The molecule has 2 atom stereocenters. The first kappa shape index (κ1) is 9.71. The van der Waals surface area contributed by atoms with Gasteiger partial charge in [0.2, 0.25) is 0 Å². The molecule has 0 aromatic carbocycles. The van der Waals surface area contributed by atoms with Crippen molar-refractivity contribution in [3.8, 4) is 0 Å². The minimum absolute atomic E-state index is 0.654. The molecule has 14 heavy (non-hydrogen) atoms. The predicted molar refractivity (Wildman–Crippen MR) is 57.0 cm³/mol. The van der Waals surface area contributed by atoms with Crippen molar-refractivity contribution in [2.45, 2.75) is 38.6 Å². The lowest BCUT2D eigenvalue weighted by Gasteiger charge is -2.14. The second-order valence-electron chi connectivity index (χ2n) is 4.21. The van der Waals surface area contributed by atoms with E-state index in [1.54, 1.807) is 0 Å². The van der Waals surface area contributed by atoms with Gasteiger partial charge in [0.25, 0.3) is 0 Å². The van der Waals surface area contributed by atoms with Crippen LogP contribution in [0.2, 0.25) is 0 Å². The maximum atomic E-state index is 5.70. The van der Waals surface area contributed by atoms with Crippen molar-refractivity contribution in [2.24, 2.45) is 11.7 Å². The normalized spacial score (nSPS) is 27.0. The van der Waals surface area contributed by atoms with Crippen molar-refractivity contribution in [1.82, 2.24) is 9.55 Å². The van der Waals surface area contributed by atoms with E-state index in [0.29, 0.717) is 6.04 Å². The Hall–Kier alpha value is -0.830. The third-order valence-electron chi connectivity index (χ3n) is 3.35. The summed E-state index contributed by atoms with van der Waals surface area (Å²) in [4.78, 5) is 4.22. The number of hydrogen-bond donors (Lipinski definition) is 1. The molecule has 0 aliphatic heterocycles. The molecular formula is C11H19N3. The number of nitrogens with zero attached hydrogens (tertiary/aromatic N) is 2. The van der Waals surface area contributed by atoms with Crippen molar-refractivity contribution in [1.29, 1.82) is 0 Å². The number of aryl methyl sites for hydroxylation is 1. The topological polar surface area (TPSA) is 43.8 Å². The van der Waals surface area contributed by atoms with Crippen LogP contribution in [0.25, 0.3) is 0 Å². The lowest BCUT2D eigenvalue weighted by Crippen LogP contribution is -2.12. The van der Waals surface area contributed by atoms with Gasteiger partial charge >= 0.3 is 0 Å². The van der Waals surface area contributed by atoms with Crippen molar-refractivity contribution in [3.63, 3.8) is 0 Å². The Morgan fingerprint density at radius 1 is 1.57 bits per heavy atom. The number of aromatic nitrogens is 2. The number of hydrogen-bond acceptors (Lipinski definition) is 2. The molecule has 0 radical (unpaired) electrons. The summed E-state index contributed by atoms with van der Waals surface area (Å²) in [6.45, 7) is 3.02. The van der Waals surface area contributed by atoms with Gasteiger partial charge in [0.15, 0.2) is 0 Å². The first-order chi connectivity index (χ1) is 6.85. The molecule has 1 aromatic rings. The maximum Gasteiger partial charge on any atom is 0.0950 e. The van der Waals surface area contributed by atoms with Crippen molar-refractivity contribution >= 4 is 0 Å². The van der Waals surface area contributed by atoms with Gasteiger partial charge in [-0.2, -0.15) is 0 Å². The average molecular weight is 193 g/mol. The van der Waals surface area contributed by atoms with Gasteiger partial charge in [-0.25, -0.2) is 4.98 Å². The van der Waals surface area contributed by atoms with Crippen molar-refractivity contribution in [3.05, 3.63) is 18.2 Å². The lowest BCUT2D eigenvalue weighted by molar-refractivity contribution is 0.470. The monoisotopic (exact) mass is 193 g/mol. The summed E-state index contributed by atoms with van der Waals surface area (Å²) in [6.07, 6.45) is 8.82. The van der Waals surface area contributed by atoms with E-state index in [2.05, 4.69) is 16.5 Å². The van der Waals surface area contributed by atoms with Crippen molar-refractivity contribution in [2.75, 3.05) is 6.54 Å². The van der Waals surface area contributed by atoms with Crippen LogP contribution in [0.1, 0.15) is 37.9 Å². The Kier molecular flexibility index (Phi) is 2.87. The van der Waals surface area contributed by atoms with Crippen LogP contribution in [0.15, 0.2) is 12.5 Å². The molecule has 2 unspecified atom stereocenters. The van der Waals surface area contributed by atoms with Crippen LogP contribution in [0, 0.1) is 5.92 Å². The third kappa shape index (κ3) is 1.69. The molecule has 3 nitrogen and oxygen atoms in total. The lowest BCUT2D eigenvalue weighted by atomic mass is 10.1. The molecular weight excluding hydrogens is 174 g/mol. The Labute approximate surface area is 85.3 Å². The van der Waals surface area contributed by atoms with Crippen LogP contribution in [-0.4, -0.2) is 16.1 Å². The van der Waals surface area contributed by atoms with Gasteiger partial charge in [0, 0.05) is 17.9 Å². The first-order valence-electron chi connectivity index (χ1n) is 5.56. The molecule has 1 aromatic heterocycles. The largest absolute Gasteiger partial charge is 0.332 e. The summed E-state index contributed by atoms with van der Waals surface area (Å²) >= 11 is 0. The highest BCUT2D eigenvalue weighted by molar-refractivity contribution is 5.01. The zero-order valence-corrected chi connectivity index (χ0v) is 8.82. The standard InChI is InChI=1S/C11H19N3/c1-2-10-7-13-8-14(10)11-4-3-9(5-11)6-12/h7-9,11H,2-6,12H2,1H3. The Morgan fingerprint density at radius 3 is 3.07 bits per heavy atom. The van der Waals surface area contributed by atoms with Crippen LogP contribution in [0.4, 0.5) is 0 Å². The van der Waals surface area contributed by atoms with Crippen molar-refractivity contribution < 1.29 is 0 Å². The van der Waals surface area contributed by atoms with E-state index in [0.717, 1.165) is 18.9 Å². The fraction of sp³-hybridized carbons (Fsp3) is 0.727. The number of imidazole rings is 1. The SMILES string of the molecule is CCc1cncn1C1CCC(CN)C1. The maximum absolute atomic E-state index is 5.70. The minimum atomic E-state index is 0.654. The van der Waals surface area contributed by atoms with Gasteiger partial charge in [-0.3, -0.25) is 0 Å². The molecule has 0 saturated heterocycles. The molecule has 1 heterocycles. The van der Waals surface area contributed by atoms with E-state index >= 15 is 0 Å². The smallest absolute Gasteiger partial charge is 0.0950 e. The molecule has 1 saturated carbocycles. The van der Waals surface area contributed by atoms with Crippen LogP contribution in [0.3, 0.4) is 0 Å². The van der Waals surface area contributed by atoms with Gasteiger partial charge in [-0.1, -0.05) is 6.92 Å². The molecule has 2 rings (SSSR count). The van der Waals surface area contributed by atoms with E-state index in [1.165, 1.54) is 25.0 Å². The zero-order chi connectivity index (χ0) is 9.97. The number of rotatable bonds is 3. The molecule has 3 heteroatoms. The summed E-state index contributed by atoms with van der Waals surface area (Å²) in [6, 6.07) is 0.654. The Balaban J connectivity index is 2.09. The molecule has 78 valence electrons. The van der Waals surface area contributed by atoms with Crippen LogP contribution >= 0.6 is 0 Å². The molecule has 0 amide bonds. The quantitative estimate of drug-likeness (QED) is 0.794. The van der Waals surface area contributed by atoms with Gasteiger partial charge in [0.05, 0.1) is 6.33 Å². The second-order valence-corrected chi connectivity index (χ2v) is 4.21. The van der Waals surface area contributed by atoms with Crippen LogP contribution in [0.5, 0.6) is 0 Å². The summed E-state index contributed by atoms with van der Waals surface area (Å²) in [5.41, 5.74) is 7.05. The summed E-state index contributed by atoms with van der Waals surface area (Å²) in [5, 5.41) is 0. The molecule has 0 bridgehead atoms. The number of nitrogens with two attached hydrogens (primary N) is 1. The van der Waals surface area contributed by atoms with Gasteiger partial charge < -0.3 is 10.3 Å².